The number of aromatic nitrogens is 1. The van der Waals surface area contributed by atoms with Crippen LogP contribution in [0.2, 0.25) is 0 Å². The average Bonchev–Trinajstić information content (AvgIpc) is 3.20. The number of pyridine rings is 1. The van der Waals surface area contributed by atoms with Crippen molar-refractivity contribution < 1.29 is 36.1 Å². The summed E-state index contributed by atoms with van der Waals surface area (Å²) in [7, 11) is -2.72. The van der Waals surface area contributed by atoms with Crippen molar-refractivity contribution in [1.29, 1.82) is 0 Å². The van der Waals surface area contributed by atoms with Gasteiger partial charge in [-0.3, -0.25) is 4.79 Å². The van der Waals surface area contributed by atoms with Crippen molar-refractivity contribution >= 4 is 30.4 Å². The smallest absolute Gasteiger partial charge is 0.497 e. The van der Waals surface area contributed by atoms with Gasteiger partial charge in [0.2, 0.25) is 5.70 Å². The molecular weight excluding hydrogens is 499 g/mol. The summed E-state index contributed by atoms with van der Waals surface area (Å²) in [4.78, 5) is 15.9. The zero-order chi connectivity index (χ0) is 27.9. The van der Waals surface area contributed by atoms with E-state index in [0.29, 0.717) is 11.3 Å². The second-order valence-corrected chi connectivity index (χ2v) is 8.26. The van der Waals surface area contributed by atoms with E-state index in [4.69, 9.17) is 9.47 Å². The number of carbonyl (C=O) groups is 1. The van der Waals surface area contributed by atoms with Crippen molar-refractivity contribution in [2.75, 3.05) is 27.3 Å². The Morgan fingerprint density at radius 1 is 0.842 bits per heavy atom. The molecule has 0 spiro atoms. The lowest BCUT2D eigenvalue weighted by Crippen LogP contribution is -2.34. The van der Waals surface area contributed by atoms with Crippen LogP contribution in [0.3, 0.4) is 0 Å². The lowest BCUT2D eigenvalue weighted by molar-refractivity contribution is -0.577. The predicted molar refractivity (Wildman–Crippen MR) is 141 cm³/mol. The highest BCUT2D eigenvalue weighted by Crippen LogP contribution is 2.34. The summed E-state index contributed by atoms with van der Waals surface area (Å²) in [6.07, 6.45) is 6.11. The Balaban J connectivity index is 0.000000732. The number of carbonyl (C=O) groups excluding carboxylic acids is 1. The Labute approximate surface area is 219 Å². The monoisotopic (exact) mass is 528 g/mol. The largest absolute Gasteiger partial charge is 0.673 e. The molecule has 5 nitrogen and oxygen atoms in total. The third-order valence-corrected chi connectivity index (χ3v) is 5.95. The molecule has 0 N–H and O–H groups in total. The molecule has 2 heterocycles. The number of allylic oxidation sites excluding steroid dienone is 1. The number of Topliss-reactive ketones (excluding diaryl/α,β-unsaturated/α-hetero) is 1. The lowest BCUT2D eigenvalue weighted by atomic mass is 9.97. The van der Waals surface area contributed by atoms with Crippen LogP contribution in [0.1, 0.15) is 41.0 Å². The van der Waals surface area contributed by atoms with E-state index in [1.54, 1.807) is 14.2 Å². The van der Waals surface area contributed by atoms with E-state index in [-0.39, 0.29) is 5.78 Å². The summed E-state index contributed by atoms with van der Waals surface area (Å²) in [5.74, 6) is 1.53. The highest BCUT2D eigenvalue weighted by atomic mass is 19.5. The molecule has 0 saturated heterocycles. The van der Waals surface area contributed by atoms with Crippen LogP contribution in [0, 0.1) is 0 Å². The van der Waals surface area contributed by atoms with Crippen LogP contribution < -0.4 is 14.0 Å². The first-order chi connectivity index (χ1) is 18.1. The van der Waals surface area contributed by atoms with E-state index >= 15 is 0 Å². The Morgan fingerprint density at radius 3 is 1.82 bits per heavy atom. The second-order valence-electron chi connectivity index (χ2n) is 8.26. The number of rotatable bonds is 8. The normalized spacial score (nSPS) is 12.8. The molecule has 1 aliphatic heterocycles. The average molecular weight is 528 g/mol. The zero-order valence-corrected chi connectivity index (χ0v) is 21.6. The molecule has 38 heavy (non-hydrogen) atoms. The minimum absolute atomic E-state index is 0.00377. The van der Waals surface area contributed by atoms with E-state index in [0.717, 1.165) is 47.0 Å². The first-order valence-electron chi connectivity index (χ1n) is 12.0. The molecule has 1 aromatic heterocycles. The Hall–Kier alpha value is -4.08. The van der Waals surface area contributed by atoms with E-state index < -0.39 is 7.25 Å². The molecule has 200 valence electrons. The van der Waals surface area contributed by atoms with Gasteiger partial charge in [0.1, 0.15) is 17.1 Å². The summed E-state index contributed by atoms with van der Waals surface area (Å²) < 4.78 is 51.6. The van der Waals surface area contributed by atoms with Gasteiger partial charge in [0.05, 0.1) is 14.2 Å². The number of hydrogen-bond acceptors (Lipinski definition) is 4. The van der Waals surface area contributed by atoms with Gasteiger partial charge in [0, 0.05) is 30.8 Å². The third kappa shape index (κ3) is 7.03. The molecule has 0 radical (unpaired) electrons. The Kier molecular flexibility index (Phi) is 9.33. The molecule has 2 aromatic carbocycles. The first kappa shape index (κ1) is 28.5. The molecule has 0 fully saturated rings. The maximum Gasteiger partial charge on any atom is 0.673 e. The van der Waals surface area contributed by atoms with Crippen LogP contribution in [0.25, 0.3) is 17.3 Å². The van der Waals surface area contributed by atoms with Gasteiger partial charge < -0.3 is 31.6 Å². The number of nitrogens with zero attached hydrogens (tertiary/aromatic N) is 2. The molecule has 0 amide bonds. The SMILES string of the molecule is CCN(C=Cc1cc[n+]2c(c1)C(=O)C(c1ccc(OC)cc1)=C2c1ccc(OC)cc1)CC.F[B-](F)(F)F. The number of ether oxygens (including phenoxy) is 2. The Bertz CT molecular complexity index is 1310. The van der Waals surface area contributed by atoms with Crippen LogP contribution in [0.15, 0.2) is 73.1 Å². The lowest BCUT2D eigenvalue weighted by Gasteiger charge is -2.14. The van der Waals surface area contributed by atoms with Crippen LogP contribution in [0.4, 0.5) is 17.3 Å². The molecule has 0 saturated carbocycles. The fraction of sp³-hybridized carbons (Fsp3) is 0.214. The maximum absolute atomic E-state index is 13.7. The van der Waals surface area contributed by atoms with Gasteiger partial charge in [-0.2, -0.15) is 4.57 Å². The van der Waals surface area contributed by atoms with Crippen molar-refractivity contribution in [2.45, 2.75) is 13.8 Å². The quantitative estimate of drug-likeness (QED) is 0.198. The van der Waals surface area contributed by atoms with Crippen molar-refractivity contribution in [3.05, 3.63) is 95.4 Å². The molecule has 0 unspecified atom stereocenters. The van der Waals surface area contributed by atoms with Crippen LogP contribution in [-0.4, -0.2) is 45.2 Å². The van der Waals surface area contributed by atoms with Gasteiger partial charge in [-0.15, -0.1) is 0 Å². The fourth-order valence-electron chi connectivity index (χ4n) is 4.03. The molecule has 4 rings (SSSR count). The summed E-state index contributed by atoms with van der Waals surface area (Å²) in [6, 6.07) is 19.4. The molecule has 0 aliphatic carbocycles. The van der Waals surface area contributed by atoms with Crippen molar-refractivity contribution in [2.24, 2.45) is 0 Å². The highest BCUT2D eigenvalue weighted by molar-refractivity contribution is 6.50. The number of methoxy groups -OCH3 is 2. The van der Waals surface area contributed by atoms with Crippen molar-refractivity contribution in [3.8, 4) is 11.5 Å². The summed E-state index contributed by atoms with van der Waals surface area (Å²) in [5.41, 5.74) is 4.98. The van der Waals surface area contributed by atoms with Crippen LogP contribution in [0.5, 0.6) is 11.5 Å². The number of benzene rings is 2. The molecule has 0 atom stereocenters. The highest BCUT2D eigenvalue weighted by Gasteiger charge is 2.40. The fourth-order valence-corrected chi connectivity index (χ4v) is 4.03. The van der Waals surface area contributed by atoms with Gasteiger partial charge in [-0.05, 0) is 73.6 Å². The summed E-state index contributed by atoms with van der Waals surface area (Å²) in [6.45, 7) is 6.14. The van der Waals surface area contributed by atoms with Crippen molar-refractivity contribution in [1.82, 2.24) is 4.90 Å². The molecule has 10 heteroatoms. The van der Waals surface area contributed by atoms with Crippen molar-refractivity contribution in [3.63, 3.8) is 0 Å². The van der Waals surface area contributed by atoms with Crippen LogP contribution >= 0.6 is 0 Å². The van der Waals surface area contributed by atoms with Gasteiger partial charge in [-0.1, -0.05) is 12.1 Å². The number of halogens is 4. The molecule has 0 bridgehead atoms. The number of fused-ring (bicyclic) bond motifs is 1. The standard InChI is InChI=1S/C28H29N2O3.BF4/c1-5-29(6-2)17-15-20-16-18-30-25(19-20)28(31)26(21-7-11-23(32-3)12-8-21)27(30)22-9-13-24(33-4)14-10-22;2-1(3,4)5/h7-19H,5-6H2,1-4H3;/q+1;-1. The molecule has 3 aromatic rings. The van der Waals surface area contributed by atoms with Gasteiger partial charge in [0.25, 0.3) is 11.5 Å². The topological polar surface area (TPSA) is 42.7 Å². The van der Waals surface area contributed by atoms with E-state index in [9.17, 15) is 22.1 Å². The zero-order valence-electron chi connectivity index (χ0n) is 21.6. The minimum Gasteiger partial charge on any atom is -0.497 e. The van der Waals surface area contributed by atoms with E-state index in [1.807, 2.05) is 71.4 Å². The number of ketones is 1. The van der Waals surface area contributed by atoms with Crippen LogP contribution in [-0.2, 0) is 0 Å². The summed E-state index contributed by atoms with van der Waals surface area (Å²) >= 11 is 0. The first-order valence-corrected chi connectivity index (χ1v) is 12.0. The third-order valence-electron chi connectivity index (χ3n) is 5.95. The van der Waals surface area contributed by atoms with Gasteiger partial charge >= 0.3 is 7.25 Å². The minimum atomic E-state index is -6.00. The Morgan fingerprint density at radius 2 is 1.34 bits per heavy atom. The molecular formula is C28H29BF4N2O3. The van der Waals surface area contributed by atoms with E-state index in [1.165, 1.54) is 0 Å². The number of hydrogen-bond donors (Lipinski definition) is 0. The maximum atomic E-state index is 13.7. The second kappa shape index (κ2) is 12.4. The predicted octanol–water partition coefficient (Wildman–Crippen LogP) is 6.22. The van der Waals surface area contributed by atoms with Gasteiger partial charge in [0.15, 0.2) is 6.20 Å². The van der Waals surface area contributed by atoms with Gasteiger partial charge in [-0.25, -0.2) is 0 Å². The summed E-state index contributed by atoms with van der Waals surface area (Å²) in [5, 5.41) is 0. The van der Waals surface area contributed by atoms with E-state index in [2.05, 4.69) is 31.0 Å². The molecule has 1 aliphatic rings.